The lowest BCUT2D eigenvalue weighted by Crippen LogP contribution is -2.01. The van der Waals surface area contributed by atoms with Gasteiger partial charge in [-0.2, -0.15) is 0 Å². The summed E-state index contributed by atoms with van der Waals surface area (Å²) in [6, 6.07) is 31.0. The summed E-state index contributed by atoms with van der Waals surface area (Å²) in [4.78, 5) is 4.51. The van der Waals surface area contributed by atoms with Crippen molar-refractivity contribution in [2.75, 3.05) is 0 Å². The van der Waals surface area contributed by atoms with Crippen molar-refractivity contribution in [3.63, 3.8) is 0 Å². The van der Waals surface area contributed by atoms with E-state index in [1.165, 1.54) is 11.1 Å². The Morgan fingerprint density at radius 2 is 0.967 bits per heavy atom. The minimum atomic E-state index is 0.340. The Hall–Kier alpha value is -4.32. The zero-order chi connectivity index (χ0) is 20.2. The third-order valence-electron chi connectivity index (χ3n) is 4.90. The second-order valence-electron chi connectivity index (χ2n) is 6.65. The summed E-state index contributed by atoms with van der Waals surface area (Å²) in [5.74, 6) is 0.340. The summed E-state index contributed by atoms with van der Waals surface area (Å²) >= 11 is 0. The van der Waals surface area contributed by atoms with Crippen LogP contribution in [-0.2, 0) is 0 Å². The number of pyridine rings is 1. The molecule has 0 radical (unpaired) electrons. The highest BCUT2D eigenvalue weighted by molar-refractivity contribution is 5.94. The first-order chi connectivity index (χ1) is 14.9. The van der Waals surface area contributed by atoms with Crippen molar-refractivity contribution in [3.05, 3.63) is 97.2 Å². The highest BCUT2D eigenvalue weighted by Crippen LogP contribution is 2.39. The minimum Gasteiger partial charge on any atom is -0.252 e. The Morgan fingerprint density at radius 1 is 0.433 bits per heavy atom. The van der Waals surface area contributed by atoms with E-state index in [0.717, 1.165) is 22.3 Å². The van der Waals surface area contributed by atoms with Crippen LogP contribution in [0.25, 0.3) is 44.9 Å². The van der Waals surface area contributed by atoms with Crippen LogP contribution in [0, 0.1) is 0 Å². The molecular formula is C24H16N6. The van der Waals surface area contributed by atoms with Gasteiger partial charge in [-0.25, -0.2) is 0 Å². The van der Waals surface area contributed by atoms with Crippen LogP contribution >= 0.6 is 0 Å². The standard InChI is InChI=1S/C24H16N6/c1-2-9-17(10-3-1)18-11-4-5-12-19(18)20-13-6-7-14-21(20)22-15-8-16-25-23(22)24-26-28-30-29-27-24/h1-16H. The Morgan fingerprint density at radius 3 is 1.67 bits per heavy atom. The van der Waals surface area contributed by atoms with Gasteiger partial charge >= 0.3 is 0 Å². The summed E-state index contributed by atoms with van der Waals surface area (Å²) in [6.45, 7) is 0. The van der Waals surface area contributed by atoms with E-state index in [2.05, 4.69) is 91.5 Å². The summed E-state index contributed by atoms with van der Waals surface area (Å²) in [5, 5.41) is 18.7. The van der Waals surface area contributed by atoms with Gasteiger partial charge in [-0.1, -0.05) is 84.9 Å². The molecule has 0 spiro atoms. The molecule has 5 rings (SSSR count). The smallest absolute Gasteiger partial charge is 0.226 e. The average Bonchev–Trinajstić information content (AvgIpc) is 2.85. The Kier molecular flexibility index (Phi) is 4.72. The average molecular weight is 388 g/mol. The quantitative estimate of drug-likeness (QED) is 0.443. The van der Waals surface area contributed by atoms with E-state index in [1.807, 2.05) is 30.3 Å². The lowest BCUT2D eigenvalue weighted by atomic mass is 9.89. The topological polar surface area (TPSA) is 77.3 Å². The van der Waals surface area contributed by atoms with Crippen LogP contribution in [0.2, 0.25) is 0 Å². The van der Waals surface area contributed by atoms with Crippen molar-refractivity contribution < 1.29 is 0 Å². The molecule has 6 nitrogen and oxygen atoms in total. The fraction of sp³-hybridized carbons (Fsp3) is 0. The van der Waals surface area contributed by atoms with E-state index < -0.39 is 0 Å². The number of hydrogen-bond donors (Lipinski definition) is 0. The molecule has 142 valence electrons. The van der Waals surface area contributed by atoms with Gasteiger partial charge in [-0.05, 0) is 49.5 Å². The molecule has 0 unspecified atom stereocenters. The van der Waals surface area contributed by atoms with E-state index >= 15 is 0 Å². The lowest BCUT2D eigenvalue weighted by Gasteiger charge is -2.15. The summed E-state index contributed by atoms with van der Waals surface area (Å²) in [7, 11) is 0. The minimum absolute atomic E-state index is 0.340. The van der Waals surface area contributed by atoms with Gasteiger partial charge in [0.2, 0.25) is 5.82 Å². The molecular weight excluding hydrogens is 372 g/mol. The molecule has 0 saturated carbocycles. The van der Waals surface area contributed by atoms with Crippen LogP contribution in [-0.4, -0.2) is 30.8 Å². The molecule has 0 aliphatic heterocycles. The first-order valence-electron chi connectivity index (χ1n) is 9.50. The first kappa shape index (κ1) is 17.8. The second kappa shape index (κ2) is 7.97. The Labute approximate surface area is 173 Å². The largest absolute Gasteiger partial charge is 0.252 e. The van der Waals surface area contributed by atoms with E-state index in [4.69, 9.17) is 0 Å². The second-order valence-corrected chi connectivity index (χ2v) is 6.65. The predicted octanol–water partition coefficient (Wildman–Crippen LogP) is 4.72. The molecule has 2 aromatic heterocycles. The van der Waals surface area contributed by atoms with Gasteiger partial charge in [-0.15, -0.1) is 10.2 Å². The highest BCUT2D eigenvalue weighted by atomic mass is 15.5. The van der Waals surface area contributed by atoms with E-state index in [0.29, 0.717) is 11.5 Å². The number of benzene rings is 3. The van der Waals surface area contributed by atoms with Gasteiger partial charge in [0.25, 0.3) is 0 Å². The van der Waals surface area contributed by atoms with Crippen molar-refractivity contribution in [2.24, 2.45) is 0 Å². The molecule has 0 atom stereocenters. The molecule has 0 aliphatic rings. The van der Waals surface area contributed by atoms with E-state index in [1.54, 1.807) is 6.20 Å². The molecule has 0 bridgehead atoms. The number of aromatic nitrogens is 6. The fourth-order valence-electron chi connectivity index (χ4n) is 3.60. The van der Waals surface area contributed by atoms with Crippen molar-refractivity contribution in [1.29, 1.82) is 0 Å². The molecule has 0 aliphatic carbocycles. The van der Waals surface area contributed by atoms with Crippen LogP contribution in [0.3, 0.4) is 0 Å². The molecule has 5 aromatic rings. The zero-order valence-corrected chi connectivity index (χ0v) is 15.9. The maximum atomic E-state index is 4.51. The van der Waals surface area contributed by atoms with Gasteiger partial charge in [0.1, 0.15) is 5.69 Å². The molecule has 0 N–H and O–H groups in total. The lowest BCUT2D eigenvalue weighted by molar-refractivity contribution is 0.685. The van der Waals surface area contributed by atoms with Crippen LogP contribution in [0.5, 0.6) is 0 Å². The van der Waals surface area contributed by atoms with E-state index in [-0.39, 0.29) is 0 Å². The van der Waals surface area contributed by atoms with Crippen molar-refractivity contribution >= 4 is 0 Å². The number of hydrogen-bond acceptors (Lipinski definition) is 6. The van der Waals surface area contributed by atoms with Gasteiger partial charge in [0.05, 0.1) is 0 Å². The summed E-state index contributed by atoms with van der Waals surface area (Å²) in [5.41, 5.74) is 7.13. The maximum absolute atomic E-state index is 4.51. The van der Waals surface area contributed by atoms with Gasteiger partial charge in [0.15, 0.2) is 0 Å². The van der Waals surface area contributed by atoms with Crippen molar-refractivity contribution in [1.82, 2.24) is 30.8 Å². The van der Waals surface area contributed by atoms with E-state index in [9.17, 15) is 0 Å². The van der Waals surface area contributed by atoms with Crippen LogP contribution in [0.1, 0.15) is 0 Å². The SMILES string of the molecule is c1ccc(-c2ccccc2-c2ccccc2-c2cccnc2-c2nnnnn2)cc1. The molecule has 0 saturated heterocycles. The number of nitrogens with zero attached hydrogens (tertiary/aromatic N) is 6. The van der Waals surface area contributed by atoms with Crippen LogP contribution in [0.15, 0.2) is 97.2 Å². The van der Waals surface area contributed by atoms with Crippen LogP contribution < -0.4 is 0 Å². The van der Waals surface area contributed by atoms with Crippen molar-refractivity contribution in [3.8, 4) is 44.9 Å². The fourth-order valence-corrected chi connectivity index (χ4v) is 3.60. The summed E-state index contributed by atoms with van der Waals surface area (Å²) < 4.78 is 0. The van der Waals surface area contributed by atoms with Gasteiger partial charge in [0, 0.05) is 11.8 Å². The monoisotopic (exact) mass is 388 g/mol. The predicted molar refractivity (Wildman–Crippen MR) is 115 cm³/mol. The Bertz CT molecular complexity index is 1190. The van der Waals surface area contributed by atoms with Gasteiger partial charge < -0.3 is 0 Å². The highest BCUT2D eigenvalue weighted by Gasteiger charge is 2.17. The van der Waals surface area contributed by atoms with Crippen molar-refractivity contribution in [2.45, 2.75) is 0 Å². The van der Waals surface area contributed by atoms with Gasteiger partial charge in [-0.3, -0.25) is 4.98 Å². The Balaban J connectivity index is 1.73. The first-order valence-corrected chi connectivity index (χ1v) is 9.50. The molecule has 0 fully saturated rings. The third-order valence-corrected chi connectivity index (χ3v) is 4.90. The maximum Gasteiger partial charge on any atom is 0.226 e. The molecule has 3 aromatic carbocycles. The number of rotatable bonds is 4. The van der Waals surface area contributed by atoms with Crippen LogP contribution in [0.4, 0.5) is 0 Å². The molecule has 6 heteroatoms. The third kappa shape index (κ3) is 3.31. The molecule has 0 amide bonds. The molecule has 2 heterocycles. The molecule has 30 heavy (non-hydrogen) atoms. The zero-order valence-electron chi connectivity index (χ0n) is 15.9. The summed E-state index contributed by atoms with van der Waals surface area (Å²) in [6.07, 6.45) is 1.71. The normalized spacial score (nSPS) is 10.7.